The Balaban J connectivity index is 2.57. The number of rotatable bonds is 2. The van der Waals surface area contributed by atoms with Gasteiger partial charge in [0, 0.05) is 0 Å². The number of aromatic nitrogens is 1. The predicted molar refractivity (Wildman–Crippen MR) is 54.4 cm³/mol. The Morgan fingerprint density at radius 3 is 3.17 bits per heavy atom. The van der Waals surface area contributed by atoms with Crippen LogP contribution in [0.25, 0.3) is 0 Å². The van der Waals surface area contributed by atoms with E-state index in [1.807, 2.05) is 6.92 Å². The summed E-state index contributed by atoms with van der Waals surface area (Å²) in [5.74, 6) is 0. The second-order valence-corrected chi connectivity index (χ2v) is 3.36. The van der Waals surface area contributed by atoms with Crippen LogP contribution in [0.5, 0.6) is 0 Å². The third-order valence-electron chi connectivity index (χ3n) is 1.14. The van der Waals surface area contributed by atoms with Gasteiger partial charge in [0.2, 0.25) is 0 Å². The van der Waals surface area contributed by atoms with E-state index in [-0.39, 0.29) is 5.11 Å². The van der Waals surface area contributed by atoms with E-state index in [2.05, 4.69) is 27.7 Å². The Morgan fingerprint density at radius 2 is 2.67 bits per heavy atom. The summed E-state index contributed by atoms with van der Waals surface area (Å²) < 4.78 is 0. The van der Waals surface area contributed by atoms with Crippen molar-refractivity contribution in [1.29, 1.82) is 0 Å². The number of thiocarbonyl (C=S) groups is 1. The topological polar surface area (TPSA) is 63.3 Å². The number of nitrogens with one attached hydrogen (secondary N) is 1. The number of hydrazone groups is 1. The molecule has 0 fully saturated rings. The lowest BCUT2D eigenvalue weighted by atomic mass is 10.4. The van der Waals surface area contributed by atoms with Crippen molar-refractivity contribution in [3.05, 3.63) is 16.1 Å². The van der Waals surface area contributed by atoms with Crippen molar-refractivity contribution in [1.82, 2.24) is 10.4 Å². The van der Waals surface area contributed by atoms with Gasteiger partial charge in [0.1, 0.15) is 0 Å². The van der Waals surface area contributed by atoms with Gasteiger partial charge in [-0.25, -0.2) is 4.98 Å². The van der Waals surface area contributed by atoms with E-state index in [0.29, 0.717) is 0 Å². The second-order valence-electron chi connectivity index (χ2n) is 2.04. The van der Waals surface area contributed by atoms with Gasteiger partial charge in [-0.1, -0.05) is 0 Å². The molecular weight excluding hydrogens is 192 g/mol. The minimum atomic E-state index is 0.161. The molecule has 0 radical (unpaired) electrons. The molecule has 1 aromatic rings. The molecule has 1 aromatic heterocycles. The van der Waals surface area contributed by atoms with Gasteiger partial charge in [-0.15, -0.1) is 11.3 Å². The minimum Gasteiger partial charge on any atom is -0.375 e. The van der Waals surface area contributed by atoms with Crippen molar-refractivity contribution in [2.24, 2.45) is 10.8 Å². The smallest absolute Gasteiger partial charge is 0.184 e. The first kappa shape index (κ1) is 9.08. The van der Waals surface area contributed by atoms with E-state index in [1.54, 1.807) is 11.7 Å². The summed E-state index contributed by atoms with van der Waals surface area (Å²) in [6, 6.07) is 0. The second kappa shape index (κ2) is 4.13. The predicted octanol–water partition coefficient (Wildman–Crippen LogP) is 0.619. The monoisotopic (exact) mass is 200 g/mol. The lowest BCUT2D eigenvalue weighted by Crippen LogP contribution is -2.23. The van der Waals surface area contributed by atoms with Crippen LogP contribution < -0.4 is 11.2 Å². The van der Waals surface area contributed by atoms with Crippen LogP contribution in [-0.2, 0) is 0 Å². The highest BCUT2D eigenvalue weighted by atomic mass is 32.1. The molecule has 1 heterocycles. The highest BCUT2D eigenvalue weighted by molar-refractivity contribution is 7.80. The highest BCUT2D eigenvalue weighted by Gasteiger charge is 1.95. The van der Waals surface area contributed by atoms with E-state index in [0.717, 1.165) is 10.6 Å². The number of hydrogen-bond acceptors (Lipinski definition) is 4. The summed E-state index contributed by atoms with van der Waals surface area (Å²) in [7, 11) is 0. The maximum atomic E-state index is 5.16. The van der Waals surface area contributed by atoms with Gasteiger partial charge >= 0.3 is 0 Å². The summed E-state index contributed by atoms with van der Waals surface area (Å²) in [6.45, 7) is 1.92. The van der Waals surface area contributed by atoms with E-state index in [9.17, 15) is 0 Å². The van der Waals surface area contributed by atoms with Gasteiger partial charge in [-0.3, -0.25) is 5.43 Å². The lowest BCUT2D eigenvalue weighted by Gasteiger charge is -1.92. The number of nitrogens with two attached hydrogens (primary N) is 1. The Bertz CT molecular complexity index is 304. The molecule has 0 spiro atoms. The molecule has 3 N–H and O–H groups in total. The first-order chi connectivity index (χ1) is 5.70. The normalized spacial score (nSPS) is 10.4. The van der Waals surface area contributed by atoms with Crippen molar-refractivity contribution in [2.45, 2.75) is 6.92 Å². The number of nitrogens with zero attached hydrogens (tertiary/aromatic N) is 2. The van der Waals surface area contributed by atoms with E-state index < -0.39 is 0 Å². The molecule has 0 aliphatic heterocycles. The zero-order valence-corrected chi connectivity index (χ0v) is 8.08. The van der Waals surface area contributed by atoms with Gasteiger partial charge < -0.3 is 5.73 Å². The Morgan fingerprint density at radius 1 is 1.92 bits per heavy atom. The van der Waals surface area contributed by atoms with Crippen LogP contribution in [0.2, 0.25) is 0 Å². The molecule has 12 heavy (non-hydrogen) atoms. The van der Waals surface area contributed by atoms with Crippen molar-refractivity contribution in [3.63, 3.8) is 0 Å². The molecule has 0 aliphatic rings. The highest BCUT2D eigenvalue weighted by Crippen LogP contribution is 2.07. The van der Waals surface area contributed by atoms with Crippen molar-refractivity contribution < 1.29 is 0 Å². The zero-order valence-electron chi connectivity index (χ0n) is 6.44. The van der Waals surface area contributed by atoms with Crippen molar-refractivity contribution >= 4 is 34.9 Å². The van der Waals surface area contributed by atoms with Crippen LogP contribution in [0.15, 0.2) is 10.6 Å². The standard InChI is InChI=1S/C6H8N4S2/c1-4-5(12-3-8-4)2-9-10-6(7)11/h2-3H,1H3,(H3,7,10,11)/b9-2+. The summed E-state index contributed by atoms with van der Waals surface area (Å²) in [5, 5.41) is 3.96. The molecule has 0 amide bonds. The van der Waals surface area contributed by atoms with Gasteiger partial charge in [0.25, 0.3) is 0 Å². The van der Waals surface area contributed by atoms with E-state index in [1.165, 1.54) is 11.3 Å². The first-order valence-corrected chi connectivity index (χ1v) is 4.47. The SMILES string of the molecule is Cc1ncsc1/C=N/NC(N)=S. The molecule has 6 heteroatoms. The maximum absolute atomic E-state index is 5.16. The number of aryl methyl sites for hydroxylation is 1. The fourth-order valence-electron chi connectivity index (χ4n) is 0.589. The van der Waals surface area contributed by atoms with Gasteiger partial charge in [-0.2, -0.15) is 5.10 Å². The molecule has 0 bridgehead atoms. The quantitative estimate of drug-likeness (QED) is 0.417. The van der Waals surface area contributed by atoms with Crippen LogP contribution >= 0.6 is 23.6 Å². The molecule has 0 saturated heterocycles. The largest absolute Gasteiger partial charge is 0.375 e. The maximum Gasteiger partial charge on any atom is 0.184 e. The molecule has 0 saturated carbocycles. The summed E-state index contributed by atoms with van der Waals surface area (Å²) >= 11 is 6.08. The third-order valence-corrected chi connectivity index (χ3v) is 2.10. The molecule has 4 nitrogen and oxygen atoms in total. The summed E-state index contributed by atoms with van der Waals surface area (Å²) in [4.78, 5) is 5.05. The number of thiazole rings is 1. The van der Waals surface area contributed by atoms with Crippen LogP contribution in [0.3, 0.4) is 0 Å². The van der Waals surface area contributed by atoms with Crippen LogP contribution in [0.4, 0.5) is 0 Å². The fourth-order valence-corrected chi connectivity index (χ4v) is 1.30. The minimum absolute atomic E-state index is 0.161. The van der Waals surface area contributed by atoms with Gasteiger partial charge in [-0.05, 0) is 19.1 Å². The molecule has 0 unspecified atom stereocenters. The molecular formula is C6H8N4S2. The molecule has 0 aromatic carbocycles. The van der Waals surface area contributed by atoms with Crippen LogP contribution in [0.1, 0.15) is 10.6 Å². The average Bonchev–Trinajstić information content (AvgIpc) is 2.36. The van der Waals surface area contributed by atoms with Crippen LogP contribution in [0, 0.1) is 6.92 Å². The average molecular weight is 200 g/mol. The van der Waals surface area contributed by atoms with Crippen LogP contribution in [-0.4, -0.2) is 16.3 Å². The Hall–Kier alpha value is -1.01. The summed E-state index contributed by atoms with van der Waals surface area (Å²) in [5.41, 5.74) is 10.3. The lowest BCUT2D eigenvalue weighted by molar-refractivity contribution is 1.04. The van der Waals surface area contributed by atoms with Gasteiger partial charge in [0.15, 0.2) is 5.11 Å². The van der Waals surface area contributed by atoms with Crippen molar-refractivity contribution in [2.75, 3.05) is 0 Å². The molecule has 1 rings (SSSR count). The Kier molecular flexibility index (Phi) is 3.12. The van der Waals surface area contributed by atoms with E-state index in [4.69, 9.17) is 5.73 Å². The number of hydrogen-bond donors (Lipinski definition) is 2. The third kappa shape index (κ3) is 2.55. The first-order valence-electron chi connectivity index (χ1n) is 3.18. The molecule has 0 atom stereocenters. The Labute approximate surface area is 79.5 Å². The van der Waals surface area contributed by atoms with Crippen molar-refractivity contribution in [3.8, 4) is 0 Å². The van der Waals surface area contributed by atoms with E-state index >= 15 is 0 Å². The zero-order chi connectivity index (χ0) is 8.97. The molecule has 64 valence electrons. The fraction of sp³-hybridized carbons (Fsp3) is 0.167. The summed E-state index contributed by atoms with van der Waals surface area (Å²) in [6.07, 6.45) is 1.64. The molecule has 0 aliphatic carbocycles. The van der Waals surface area contributed by atoms with Gasteiger partial charge in [0.05, 0.1) is 22.3 Å².